The van der Waals surface area contributed by atoms with E-state index in [4.69, 9.17) is 14.5 Å². The first-order valence-corrected chi connectivity index (χ1v) is 9.96. The van der Waals surface area contributed by atoms with Crippen LogP contribution in [0.5, 0.6) is 11.5 Å². The summed E-state index contributed by atoms with van der Waals surface area (Å²) in [6.45, 7) is 1.58. The lowest BCUT2D eigenvalue weighted by Gasteiger charge is -2.38. The normalized spacial score (nSPS) is 30.5. The van der Waals surface area contributed by atoms with Gasteiger partial charge in [-0.05, 0) is 36.1 Å². The second-order valence-electron chi connectivity index (χ2n) is 7.00. The minimum atomic E-state index is -0.103. The maximum Gasteiger partial charge on any atom is 0.231 e. The van der Waals surface area contributed by atoms with Crippen molar-refractivity contribution < 1.29 is 14.3 Å². The van der Waals surface area contributed by atoms with Crippen molar-refractivity contribution in [1.82, 2.24) is 5.32 Å². The molecule has 3 unspecified atom stereocenters. The summed E-state index contributed by atoms with van der Waals surface area (Å²) in [4.78, 5) is 17.6. The molecule has 0 saturated carbocycles. The number of fused-ring (bicyclic) bond motifs is 1. The Morgan fingerprint density at radius 1 is 1.31 bits per heavy atom. The molecule has 1 saturated heterocycles. The van der Waals surface area contributed by atoms with Gasteiger partial charge in [0, 0.05) is 18.8 Å². The Balaban J connectivity index is 1.29. The first-order valence-electron chi connectivity index (χ1n) is 8.97. The summed E-state index contributed by atoms with van der Waals surface area (Å²) in [6, 6.07) is 5.81. The van der Waals surface area contributed by atoms with Gasteiger partial charge >= 0.3 is 0 Å². The number of aliphatic imine (C=N–C) groups is 1. The van der Waals surface area contributed by atoms with E-state index in [0.717, 1.165) is 41.5 Å². The Hall–Kier alpha value is -2.21. The SMILES string of the molecule is O=C(NCc1ccc2c(c1)OCO2)C1CSC23C=CC=CC2=NCCC13. The van der Waals surface area contributed by atoms with Crippen molar-refractivity contribution in [3.63, 3.8) is 0 Å². The zero-order valence-corrected chi connectivity index (χ0v) is 15.1. The molecule has 1 aliphatic carbocycles. The van der Waals surface area contributed by atoms with E-state index < -0.39 is 0 Å². The van der Waals surface area contributed by atoms with Crippen LogP contribution < -0.4 is 14.8 Å². The molecular weight excluding hydrogens is 348 g/mol. The van der Waals surface area contributed by atoms with Crippen LogP contribution in [0.25, 0.3) is 0 Å². The molecule has 1 N–H and O–H groups in total. The number of amides is 1. The van der Waals surface area contributed by atoms with Crippen LogP contribution in [0.4, 0.5) is 0 Å². The average molecular weight is 368 g/mol. The predicted octanol–water partition coefficient (Wildman–Crippen LogP) is 2.72. The molecule has 5 rings (SSSR count). The topological polar surface area (TPSA) is 59.9 Å². The minimum Gasteiger partial charge on any atom is -0.454 e. The molecule has 3 heterocycles. The summed E-state index contributed by atoms with van der Waals surface area (Å²) in [7, 11) is 0. The Kier molecular flexibility index (Phi) is 3.81. The molecule has 1 aromatic carbocycles. The van der Waals surface area contributed by atoms with Crippen LogP contribution in [0, 0.1) is 11.8 Å². The van der Waals surface area contributed by atoms with Gasteiger partial charge in [0.25, 0.3) is 0 Å². The molecule has 5 nitrogen and oxygen atoms in total. The number of rotatable bonds is 3. The number of ether oxygens (including phenoxy) is 2. The number of carbonyl (C=O) groups excluding carboxylic acids is 1. The van der Waals surface area contributed by atoms with E-state index in [1.54, 1.807) is 0 Å². The molecule has 3 atom stereocenters. The quantitative estimate of drug-likeness (QED) is 0.891. The molecule has 3 aliphatic heterocycles. The number of nitrogens with zero attached hydrogens (tertiary/aromatic N) is 1. The number of benzene rings is 1. The van der Waals surface area contributed by atoms with Gasteiger partial charge in [-0.25, -0.2) is 0 Å². The fraction of sp³-hybridized carbons (Fsp3) is 0.400. The van der Waals surface area contributed by atoms with E-state index >= 15 is 0 Å². The van der Waals surface area contributed by atoms with Crippen LogP contribution in [-0.2, 0) is 11.3 Å². The fourth-order valence-electron chi connectivity index (χ4n) is 4.29. The van der Waals surface area contributed by atoms with E-state index in [0.29, 0.717) is 12.5 Å². The van der Waals surface area contributed by atoms with Gasteiger partial charge in [-0.2, -0.15) is 0 Å². The van der Waals surface area contributed by atoms with E-state index in [1.165, 1.54) is 0 Å². The highest BCUT2D eigenvalue weighted by atomic mass is 32.2. The molecule has 4 aliphatic rings. The number of allylic oxidation sites excluding steroid dienone is 3. The number of thioether (sulfide) groups is 1. The monoisotopic (exact) mass is 368 g/mol. The number of carbonyl (C=O) groups is 1. The molecule has 0 radical (unpaired) electrons. The smallest absolute Gasteiger partial charge is 0.231 e. The van der Waals surface area contributed by atoms with Crippen LogP contribution in [-0.4, -0.2) is 35.5 Å². The Morgan fingerprint density at radius 2 is 2.23 bits per heavy atom. The predicted molar refractivity (Wildman–Crippen MR) is 102 cm³/mol. The zero-order valence-electron chi connectivity index (χ0n) is 14.3. The molecule has 1 amide bonds. The van der Waals surface area contributed by atoms with E-state index in [9.17, 15) is 4.79 Å². The lowest BCUT2D eigenvalue weighted by Crippen LogP contribution is -2.46. The highest BCUT2D eigenvalue weighted by Gasteiger charge is 2.53. The van der Waals surface area contributed by atoms with Crippen LogP contribution in [0.2, 0.25) is 0 Å². The van der Waals surface area contributed by atoms with Crippen molar-refractivity contribution in [3.8, 4) is 11.5 Å². The maximum absolute atomic E-state index is 12.9. The molecule has 6 heteroatoms. The van der Waals surface area contributed by atoms with Gasteiger partial charge in [0.05, 0.1) is 16.4 Å². The number of hydrogen-bond acceptors (Lipinski definition) is 5. The Labute approximate surface area is 156 Å². The summed E-state index contributed by atoms with van der Waals surface area (Å²) in [6.07, 6.45) is 9.45. The van der Waals surface area contributed by atoms with Gasteiger partial charge in [-0.1, -0.05) is 24.3 Å². The minimum absolute atomic E-state index is 0.0238. The molecular formula is C20H20N2O3S. The van der Waals surface area contributed by atoms with Crippen molar-refractivity contribution in [3.05, 3.63) is 48.1 Å². The summed E-state index contributed by atoms with van der Waals surface area (Å²) in [5, 5.41) is 3.13. The molecule has 0 bridgehead atoms. The lowest BCUT2D eigenvalue weighted by molar-refractivity contribution is -0.125. The second-order valence-corrected chi connectivity index (χ2v) is 8.29. The van der Waals surface area contributed by atoms with Gasteiger partial charge in [0.1, 0.15) is 0 Å². The first kappa shape index (κ1) is 16.0. The van der Waals surface area contributed by atoms with Crippen LogP contribution in [0.3, 0.4) is 0 Å². The van der Waals surface area contributed by atoms with Crippen LogP contribution in [0.1, 0.15) is 12.0 Å². The van der Waals surface area contributed by atoms with Crippen LogP contribution in [0.15, 0.2) is 47.5 Å². The third-order valence-corrected chi connectivity index (χ3v) is 7.26. The van der Waals surface area contributed by atoms with Crippen molar-refractivity contribution in [2.75, 3.05) is 19.1 Å². The molecule has 26 heavy (non-hydrogen) atoms. The highest BCUT2D eigenvalue weighted by molar-refractivity contribution is 8.02. The van der Waals surface area contributed by atoms with Crippen molar-refractivity contribution in [2.24, 2.45) is 16.8 Å². The van der Waals surface area contributed by atoms with Crippen LogP contribution >= 0.6 is 11.8 Å². The van der Waals surface area contributed by atoms with Gasteiger partial charge in [0.2, 0.25) is 12.7 Å². The standard InChI is InChI=1S/C20H20N2O3S/c23-19(22-10-13-4-5-16-17(9-13)25-12-24-16)14-11-26-20-7-2-1-3-18(20)21-8-6-15(14)20/h1-5,7,9,14-15H,6,8,10-12H2,(H,22,23). The molecule has 1 spiro atoms. The molecule has 134 valence electrons. The van der Waals surface area contributed by atoms with E-state index in [2.05, 4.69) is 23.5 Å². The third-order valence-electron chi connectivity index (χ3n) is 5.61. The van der Waals surface area contributed by atoms with Crippen molar-refractivity contribution >= 4 is 23.4 Å². The van der Waals surface area contributed by atoms with Gasteiger partial charge in [0.15, 0.2) is 11.5 Å². The summed E-state index contributed by atoms with van der Waals surface area (Å²) in [5.41, 5.74) is 2.15. The van der Waals surface area contributed by atoms with Gasteiger partial charge in [-0.15, -0.1) is 11.8 Å². The molecule has 1 fully saturated rings. The third kappa shape index (κ3) is 2.47. The Morgan fingerprint density at radius 3 is 3.19 bits per heavy atom. The largest absolute Gasteiger partial charge is 0.454 e. The fourth-order valence-corrected chi connectivity index (χ4v) is 6.08. The maximum atomic E-state index is 12.9. The second kappa shape index (κ2) is 6.20. The zero-order chi connectivity index (χ0) is 17.6. The van der Waals surface area contributed by atoms with Gasteiger partial charge < -0.3 is 14.8 Å². The van der Waals surface area contributed by atoms with Crippen molar-refractivity contribution in [1.29, 1.82) is 0 Å². The average Bonchev–Trinajstić information content (AvgIpc) is 3.29. The van der Waals surface area contributed by atoms with E-state index in [-0.39, 0.29) is 23.4 Å². The molecule has 0 aromatic heterocycles. The first-order chi connectivity index (χ1) is 12.8. The number of hydrogen-bond donors (Lipinski definition) is 1. The lowest BCUT2D eigenvalue weighted by atomic mass is 9.74. The summed E-state index contributed by atoms with van der Waals surface area (Å²) in [5.74, 6) is 2.84. The van der Waals surface area contributed by atoms with Crippen molar-refractivity contribution in [2.45, 2.75) is 17.7 Å². The number of nitrogens with one attached hydrogen (secondary N) is 1. The Bertz CT molecular complexity index is 847. The van der Waals surface area contributed by atoms with E-state index in [1.807, 2.05) is 36.0 Å². The molecule has 1 aromatic rings. The summed E-state index contributed by atoms with van der Waals surface area (Å²) < 4.78 is 10.6. The highest BCUT2D eigenvalue weighted by Crippen LogP contribution is 2.52. The van der Waals surface area contributed by atoms with Gasteiger partial charge in [-0.3, -0.25) is 9.79 Å². The summed E-state index contributed by atoms with van der Waals surface area (Å²) >= 11 is 1.87.